The van der Waals surface area contributed by atoms with Gasteiger partial charge in [0, 0.05) is 15.7 Å². The van der Waals surface area contributed by atoms with E-state index in [1.807, 2.05) is 12.1 Å². The lowest BCUT2D eigenvalue weighted by Crippen LogP contribution is -2.42. The van der Waals surface area contributed by atoms with Gasteiger partial charge in [-0.25, -0.2) is 9.59 Å². The summed E-state index contributed by atoms with van der Waals surface area (Å²) in [5.41, 5.74) is -2.07. The minimum atomic E-state index is -5.95. The number of hydrogen-bond donors (Lipinski definition) is 1. The molecule has 2 rings (SSSR count). The molecule has 0 saturated heterocycles. The number of halogens is 5. The summed E-state index contributed by atoms with van der Waals surface area (Å²) in [6.07, 6.45) is -2.70. The molecule has 2 aromatic rings. The van der Waals surface area contributed by atoms with Gasteiger partial charge in [-0.1, -0.05) is 0 Å². The Kier molecular flexibility index (Phi) is 10.6. The van der Waals surface area contributed by atoms with E-state index in [0.717, 1.165) is 22.8 Å². The second-order valence-electron chi connectivity index (χ2n) is 6.75. The van der Waals surface area contributed by atoms with Crippen LogP contribution in [0.4, 0.5) is 14.5 Å². The zero-order valence-electron chi connectivity index (χ0n) is 17.7. The summed E-state index contributed by atoms with van der Waals surface area (Å²) >= 11 is 6.28. The predicted octanol–water partition coefficient (Wildman–Crippen LogP) is 4.67. The molecule has 17 heteroatoms. The van der Waals surface area contributed by atoms with Gasteiger partial charge in [-0.3, -0.25) is 14.7 Å². The Hall–Kier alpha value is -1.46. The minimum Gasteiger partial charge on any atom is -0.488 e. The molecule has 0 bridgehead atoms. The Labute approximate surface area is 243 Å². The molecule has 11 nitrogen and oxygen atoms in total. The van der Waals surface area contributed by atoms with Crippen LogP contribution in [0.2, 0.25) is 0 Å². The van der Waals surface area contributed by atoms with Crippen LogP contribution >= 0.6 is 67.8 Å². The second kappa shape index (κ2) is 12.4. The maximum atomic E-state index is 13.8. The fourth-order valence-electron chi connectivity index (χ4n) is 2.52. The topological polar surface area (TPSA) is 159 Å². The summed E-state index contributed by atoms with van der Waals surface area (Å²) in [4.78, 5) is 35.2. The third-order valence-electron chi connectivity index (χ3n) is 4.28. The van der Waals surface area contributed by atoms with Gasteiger partial charge in [-0.2, -0.15) is 17.2 Å². The van der Waals surface area contributed by atoms with Crippen LogP contribution in [0.1, 0.15) is 27.6 Å². The van der Waals surface area contributed by atoms with Crippen LogP contribution in [0, 0.1) is 20.8 Å². The van der Waals surface area contributed by atoms with Gasteiger partial charge in [-0.15, -0.1) is 0 Å². The van der Waals surface area contributed by atoms with Gasteiger partial charge in [0.15, 0.2) is 6.10 Å². The van der Waals surface area contributed by atoms with Crippen LogP contribution in [0.25, 0.3) is 0 Å². The Bertz CT molecular complexity index is 1280. The Morgan fingerprint density at radius 3 is 2.19 bits per heavy atom. The first-order chi connectivity index (χ1) is 16.6. The Morgan fingerprint density at radius 1 is 1.08 bits per heavy atom. The highest BCUT2D eigenvalue weighted by molar-refractivity contribution is 14.1. The summed E-state index contributed by atoms with van der Waals surface area (Å²) in [7, 11) is -5.95. The van der Waals surface area contributed by atoms with Gasteiger partial charge in [0.2, 0.25) is 0 Å². The molecule has 0 amide bonds. The average molecular weight is 867 g/mol. The van der Waals surface area contributed by atoms with Crippen molar-refractivity contribution in [3.63, 3.8) is 0 Å². The van der Waals surface area contributed by atoms with Crippen molar-refractivity contribution in [2.75, 3.05) is 13.2 Å². The monoisotopic (exact) mass is 867 g/mol. The van der Waals surface area contributed by atoms with E-state index < -0.39 is 55.2 Å². The van der Waals surface area contributed by atoms with Crippen LogP contribution < -0.4 is 4.74 Å². The normalized spacial score (nSPS) is 12.5. The third-order valence-corrected chi connectivity index (χ3v) is 7.53. The molecular formula is C19H14F2I3NO10S. The van der Waals surface area contributed by atoms with Gasteiger partial charge >= 0.3 is 27.3 Å². The van der Waals surface area contributed by atoms with Crippen molar-refractivity contribution in [2.45, 2.75) is 18.3 Å². The van der Waals surface area contributed by atoms with Crippen LogP contribution in [-0.2, 0) is 19.6 Å². The van der Waals surface area contributed by atoms with Crippen LogP contribution in [0.3, 0.4) is 0 Å². The first-order valence-corrected chi connectivity index (χ1v) is 14.0. The molecule has 196 valence electrons. The number of hydrogen-bond acceptors (Lipinski definition) is 9. The smallest absolute Gasteiger partial charge is 0.405 e. The summed E-state index contributed by atoms with van der Waals surface area (Å²) in [6, 6.07) is 6.05. The fourth-order valence-corrected chi connectivity index (χ4v) is 6.88. The van der Waals surface area contributed by atoms with E-state index in [2.05, 4.69) is 72.5 Å². The fraction of sp³-hybridized carbons (Fsp3) is 0.263. The van der Waals surface area contributed by atoms with Gasteiger partial charge in [0.05, 0.1) is 23.2 Å². The third kappa shape index (κ3) is 7.54. The molecular weight excluding hydrogens is 853 g/mol. The number of carbonyl (C=O) groups is 2. The van der Waals surface area contributed by atoms with Gasteiger partial charge in [-0.05, 0) is 92.9 Å². The molecule has 0 aliphatic heterocycles. The maximum absolute atomic E-state index is 13.8. The van der Waals surface area contributed by atoms with Crippen LogP contribution in [0.5, 0.6) is 5.75 Å². The highest BCUT2D eigenvalue weighted by Gasteiger charge is 2.52. The molecule has 36 heavy (non-hydrogen) atoms. The molecule has 0 aliphatic carbocycles. The summed E-state index contributed by atoms with van der Waals surface area (Å²) < 4.78 is 75.6. The first-order valence-electron chi connectivity index (χ1n) is 9.35. The number of carbonyl (C=O) groups excluding carboxylic acids is 2. The molecule has 0 spiro atoms. The van der Waals surface area contributed by atoms with E-state index in [-0.39, 0.29) is 13.2 Å². The molecule has 0 saturated carbocycles. The van der Waals surface area contributed by atoms with Crippen LogP contribution in [-0.4, -0.2) is 54.4 Å². The average Bonchev–Trinajstić information content (AvgIpc) is 2.76. The van der Waals surface area contributed by atoms with Crippen molar-refractivity contribution in [2.24, 2.45) is 0 Å². The molecule has 0 aliphatic rings. The quantitative estimate of drug-likeness (QED) is 0.0889. The van der Waals surface area contributed by atoms with Crippen molar-refractivity contribution in [1.29, 1.82) is 0 Å². The summed E-state index contributed by atoms with van der Waals surface area (Å²) in [5.74, 6) is -2.27. The largest absolute Gasteiger partial charge is 0.488 e. The van der Waals surface area contributed by atoms with Crippen LogP contribution in [0.15, 0.2) is 30.3 Å². The van der Waals surface area contributed by atoms with Gasteiger partial charge < -0.3 is 14.2 Å². The molecule has 0 radical (unpaired) electrons. The lowest BCUT2D eigenvalue weighted by atomic mass is 10.1. The summed E-state index contributed by atoms with van der Waals surface area (Å²) in [5, 5.41) is 6.20. The lowest BCUT2D eigenvalue weighted by molar-refractivity contribution is -0.384. The molecule has 0 fully saturated rings. The number of esters is 2. The zero-order chi connectivity index (χ0) is 27.4. The number of non-ortho nitro benzene ring substituents is 1. The molecule has 1 N–H and O–H groups in total. The zero-order valence-corrected chi connectivity index (χ0v) is 25.0. The van der Waals surface area contributed by atoms with E-state index in [1.54, 1.807) is 0 Å². The molecule has 1 unspecified atom stereocenters. The molecule has 2 aromatic carbocycles. The predicted molar refractivity (Wildman–Crippen MR) is 145 cm³/mol. The van der Waals surface area contributed by atoms with E-state index in [0.29, 0.717) is 18.7 Å². The van der Waals surface area contributed by atoms with E-state index in [1.165, 1.54) is 0 Å². The minimum absolute atomic E-state index is 0.0945. The van der Waals surface area contributed by atoms with Gasteiger partial charge in [0.1, 0.15) is 19.0 Å². The summed E-state index contributed by atoms with van der Waals surface area (Å²) in [6.45, 7) is 0.0775. The lowest BCUT2D eigenvalue weighted by Gasteiger charge is -2.21. The molecule has 0 heterocycles. The number of rotatable bonds is 10. The van der Waals surface area contributed by atoms with Gasteiger partial charge in [0.25, 0.3) is 5.69 Å². The Balaban J connectivity index is 2.20. The number of alkyl halides is 2. The SMILES string of the molecule is CC(OC(=O)c1cc([N+](=O)[O-])ccc1C(=O)OCCOc1c(I)cc(I)cc1I)C(F)(F)S(=O)(=O)O. The number of benzene rings is 2. The number of nitro groups is 1. The Morgan fingerprint density at radius 2 is 1.67 bits per heavy atom. The molecule has 1 atom stereocenters. The van der Waals surface area contributed by atoms with Crippen molar-refractivity contribution >= 4 is 95.5 Å². The first kappa shape index (κ1) is 30.8. The van der Waals surface area contributed by atoms with E-state index >= 15 is 0 Å². The standard InChI is InChI=1S/C19H14F2I3NO10S/c1-9(19(20,21)36(30,31)32)35-18(27)13-8-11(25(28)29)2-3-12(13)17(26)34-5-4-33-16-14(23)6-10(22)7-15(16)24/h2-3,6-9H,4-5H2,1H3,(H,30,31,32). The van der Waals surface area contributed by atoms with Crippen molar-refractivity contribution < 1.29 is 50.5 Å². The van der Waals surface area contributed by atoms with Crippen molar-refractivity contribution in [3.05, 3.63) is 62.3 Å². The van der Waals surface area contributed by atoms with E-state index in [4.69, 9.17) is 14.0 Å². The number of nitrogens with zero attached hydrogens (tertiary/aromatic N) is 1. The maximum Gasteiger partial charge on any atom is 0.405 e. The number of nitro benzene ring substituents is 1. The van der Waals surface area contributed by atoms with Crippen molar-refractivity contribution in [1.82, 2.24) is 0 Å². The van der Waals surface area contributed by atoms with E-state index in [9.17, 15) is 36.9 Å². The highest BCUT2D eigenvalue weighted by atomic mass is 127. The number of ether oxygens (including phenoxy) is 3. The van der Waals surface area contributed by atoms with Crippen molar-refractivity contribution in [3.8, 4) is 5.75 Å². The second-order valence-corrected chi connectivity index (χ2v) is 11.8. The highest BCUT2D eigenvalue weighted by Crippen LogP contribution is 2.30. The molecule has 0 aromatic heterocycles.